The van der Waals surface area contributed by atoms with Crippen molar-refractivity contribution in [3.05, 3.63) is 11.3 Å². The number of hydrogen-bond acceptors (Lipinski definition) is 5. The van der Waals surface area contributed by atoms with Crippen LogP contribution in [0, 0.1) is 6.92 Å². The van der Waals surface area contributed by atoms with Crippen molar-refractivity contribution in [2.24, 2.45) is 0 Å². The molecular weight excluding hydrogens is 262 g/mol. The summed E-state index contributed by atoms with van der Waals surface area (Å²) in [6.45, 7) is 12.9. The van der Waals surface area contributed by atoms with Crippen LogP contribution in [0.4, 0.5) is 11.8 Å². The van der Waals surface area contributed by atoms with E-state index < -0.39 is 0 Å². The minimum Gasteiger partial charge on any atom is -0.370 e. The largest absolute Gasteiger partial charge is 0.370 e. The number of nitrogen functional groups attached to an aromatic ring is 1. The summed E-state index contributed by atoms with van der Waals surface area (Å²) in [6, 6.07) is 0. The molecule has 0 saturated carbocycles. The topological polar surface area (TPSA) is 67.1 Å². The third-order valence-corrected chi connectivity index (χ3v) is 3.85. The molecule has 5 heteroatoms. The van der Waals surface area contributed by atoms with Gasteiger partial charge in [0.15, 0.2) is 0 Å². The standard InChI is InChI=1S/C16H31N5/c1-5-8-11-18-15-14(13(4)19-16(17)20-15)10-9-12-21(6-2)7-3/h5-12H2,1-4H3,(H3,17,18,19,20). The van der Waals surface area contributed by atoms with E-state index in [0.29, 0.717) is 5.95 Å². The normalized spacial score (nSPS) is 11.1. The summed E-state index contributed by atoms with van der Waals surface area (Å²) in [6.07, 6.45) is 4.43. The second-order valence-electron chi connectivity index (χ2n) is 5.41. The molecule has 1 rings (SSSR count). The van der Waals surface area contributed by atoms with Gasteiger partial charge in [0, 0.05) is 17.8 Å². The maximum Gasteiger partial charge on any atom is 0.222 e. The number of nitrogens with zero attached hydrogens (tertiary/aromatic N) is 3. The van der Waals surface area contributed by atoms with Crippen molar-refractivity contribution >= 4 is 11.8 Å². The van der Waals surface area contributed by atoms with Crippen LogP contribution >= 0.6 is 0 Å². The van der Waals surface area contributed by atoms with E-state index >= 15 is 0 Å². The van der Waals surface area contributed by atoms with E-state index in [1.54, 1.807) is 0 Å². The van der Waals surface area contributed by atoms with Gasteiger partial charge in [-0.1, -0.05) is 27.2 Å². The first-order chi connectivity index (χ1) is 10.1. The van der Waals surface area contributed by atoms with Gasteiger partial charge in [0.1, 0.15) is 5.82 Å². The molecule has 0 saturated heterocycles. The highest BCUT2D eigenvalue weighted by atomic mass is 15.1. The minimum absolute atomic E-state index is 0.360. The fourth-order valence-electron chi connectivity index (χ4n) is 2.47. The van der Waals surface area contributed by atoms with Crippen LogP contribution in [0.25, 0.3) is 0 Å². The maximum absolute atomic E-state index is 5.78. The number of hydrogen-bond donors (Lipinski definition) is 2. The van der Waals surface area contributed by atoms with E-state index in [0.717, 1.165) is 57.0 Å². The van der Waals surface area contributed by atoms with E-state index in [4.69, 9.17) is 5.73 Å². The van der Waals surface area contributed by atoms with Crippen molar-refractivity contribution in [2.75, 3.05) is 37.2 Å². The Morgan fingerprint density at radius 2 is 1.81 bits per heavy atom. The first-order valence-corrected chi connectivity index (χ1v) is 8.21. The predicted molar refractivity (Wildman–Crippen MR) is 90.7 cm³/mol. The fourth-order valence-corrected chi connectivity index (χ4v) is 2.47. The lowest BCUT2D eigenvalue weighted by Crippen LogP contribution is -2.24. The molecule has 0 aromatic carbocycles. The zero-order valence-electron chi connectivity index (χ0n) is 14.1. The maximum atomic E-state index is 5.78. The number of unbranched alkanes of at least 4 members (excludes halogenated alkanes) is 1. The average molecular weight is 293 g/mol. The van der Waals surface area contributed by atoms with Crippen LogP contribution < -0.4 is 11.1 Å². The summed E-state index contributed by atoms with van der Waals surface area (Å²) in [5, 5.41) is 3.42. The monoisotopic (exact) mass is 293 g/mol. The smallest absolute Gasteiger partial charge is 0.222 e. The summed E-state index contributed by atoms with van der Waals surface area (Å²) in [7, 11) is 0. The van der Waals surface area contributed by atoms with Crippen LogP contribution in [0.3, 0.4) is 0 Å². The zero-order chi connectivity index (χ0) is 15.7. The van der Waals surface area contributed by atoms with Crippen LogP contribution in [0.15, 0.2) is 0 Å². The molecule has 0 spiro atoms. The SMILES string of the molecule is CCCCNc1nc(N)nc(C)c1CCCN(CC)CC. The molecule has 0 amide bonds. The van der Waals surface area contributed by atoms with Crippen molar-refractivity contribution in [3.8, 4) is 0 Å². The van der Waals surface area contributed by atoms with Gasteiger partial charge in [-0.05, 0) is 45.8 Å². The van der Waals surface area contributed by atoms with Crippen LogP contribution in [-0.4, -0.2) is 41.0 Å². The summed E-state index contributed by atoms with van der Waals surface area (Å²) in [5.41, 5.74) is 8.00. The van der Waals surface area contributed by atoms with Gasteiger partial charge in [-0.25, -0.2) is 4.98 Å². The van der Waals surface area contributed by atoms with Gasteiger partial charge in [0.2, 0.25) is 5.95 Å². The lowest BCUT2D eigenvalue weighted by Gasteiger charge is -2.19. The van der Waals surface area contributed by atoms with E-state index in [9.17, 15) is 0 Å². The van der Waals surface area contributed by atoms with Crippen LogP contribution in [-0.2, 0) is 6.42 Å². The molecule has 0 radical (unpaired) electrons. The second-order valence-corrected chi connectivity index (χ2v) is 5.41. The highest BCUT2D eigenvalue weighted by Gasteiger charge is 2.11. The van der Waals surface area contributed by atoms with Crippen molar-refractivity contribution in [1.82, 2.24) is 14.9 Å². The Kier molecular flexibility index (Phi) is 8.05. The quantitative estimate of drug-likeness (QED) is 0.649. The molecule has 0 atom stereocenters. The predicted octanol–water partition coefficient (Wildman–Crippen LogP) is 2.85. The molecule has 3 N–H and O–H groups in total. The van der Waals surface area contributed by atoms with Gasteiger partial charge in [0.25, 0.3) is 0 Å². The molecule has 0 aliphatic carbocycles. The molecule has 1 aromatic heterocycles. The number of aryl methyl sites for hydroxylation is 1. The number of aromatic nitrogens is 2. The number of anilines is 2. The summed E-state index contributed by atoms with van der Waals surface area (Å²) in [5.74, 6) is 1.28. The summed E-state index contributed by atoms with van der Waals surface area (Å²) < 4.78 is 0. The van der Waals surface area contributed by atoms with Crippen LogP contribution in [0.2, 0.25) is 0 Å². The van der Waals surface area contributed by atoms with Crippen molar-refractivity contribution in [1.29, 1.82) is 0 Å². The molecule has 5 nitrogen and oxygen atoms in total. The van der Waals surface area contributed by atoms with Gasteiger partial charge in [0.05, 0.1) is 0 Å². The fraction of sp³-hybridized carbons (Fsp3) is 0.750. The molecular formula is C16H31N5. The average Bonchev–Trinajstić information content (AvgIpc) is 2.46. The highest BCUT2D eigenvalue weighted by molar-refractivity contribution is 5.49. The Hall–Kier alpha value is -1.36. The van der Waals surface area contributed by atoms with Gasteiger partial charge < -0.3 is 16.0 Å². The lowest BCUT2D eigenvalue weighted by molar-refractivity contribution is 0.300. The van der Waals surface area contributed by atoms with Gasteiger partial charge in [-0.3, -0.25) is 0 Å². The summed E-state index contributed by atoms with van der Waals surface area (Å²) in [4.78, 5) is 11.1. The molecule has 0 fully saturated rings. The van der Waals surface area contributed by atoms with Crippen molar-refractivity contribution < 1.29 is 0 Å². The Morgan fingerprint density at radius 1 is 1.10 bits per heavy atom. The Morgan fingerprint density at radius 3 is 2.43 bits per heavy atom. The molecule has 0 bridgehead atoms. The van der Waals surface area contributed by atoms with Crippen LogP contribution in [0.1, 0.15) is 51.3 Å². The molecule has 120 valence electrons. The van der Waals surface area contributed by atoms with Crippen molar-refractivity contribution in [3.63, 3.8) is 0 Å². The van der Waals surface area contributed by atoms with Crippen LogP contribution in [0.5, 0.6) is 0 Å². The Labute approximate surface area is 129 Å². The molecule has 21 heavy (non-hydrogen) atoms. The van der Waals surface area contributed by atoms with Gasteiger partial charge >= 0.3 is 0 Å². The van der Waals surface area contributed by atoms with E-state index in [1.165, 1.54) is 12.0 Å². The highest BCUT2D eigenvalue weighted by Crippen LogP contribution is 2.19. The Balaban J connectivity index is 2.69. The molecule has 1 aromatic rings. The third kappa shape index (κ3) is 5.87. The summed E-state index contributed by atoms with van der Waals surface area (Å²) >= 11 is 0. The zero-order valence-corrected chi connectivity index (χ0v) is 14.1. The molecule has 0 unspecified atom stereocenters. The second kappa shape index (κ2) is 9.55. The van der Waals surface area contributed by atoms with E-state index in [-0.39, 0.29) is 0 Å². The van der Waals surface area contributed by atoms with Gasteiger partial charge in [-0.15, -0.1) is 0 Å². The number of rotatable bonds is 10. The Bertz CT molecular complexity index is 415. The third-order valence-electron chi connectivity index (χ3n) is 3.85. The minimum atomic E-state index is 0.360. The number of nitrogens with two attached hydrogens (primary N) is 1. The van der Waals surface area contributed by atoms with Gasteiger partial charge in [-0.2, -0.15) is 4.98 Å². The number of nitrogens with one attached hydrogen (secondary N) is 1. The van der Waals surface area contributed by atoms with E-state index in [1.807, 2.05) is 6.92 Å². The van der Waals surface area contributed by atoms with E-state index in [2.05, 4.69) is 41.0 Å². The molecule has 1 heterocycles. The first kappa shape index (κ1) is 17.7. The van der Waals surface area contributed by atoms with Crippen molar-refractivity contribution in [2.45, 2.75) is 53.4 Å². The lowest BCUT2D eigenvalue weighted by atomic mass is 10.1. The molecule has 0 aliphatic rings. The molecule has 0 aliphatic heterocycles. The first-order valence-electron chi connectivity index (χ1n) is 8.21.